The number of nitrogens with two attached hydrogens (primary N) is 2. The van der Waals surface area contributed by atoms with Crippen LogP contribution in [-0.4, -0.2) is 10.9 Å². The molecule has 0 radical (unpaired) electrons. The van der Waals surface area contributed by atoms with E-state index in [0.717, 1.165) is 5.76 Å². The monoisotopic (exact) mass is 249 g/mol. The van der Waals surface area contributed by atoms with Gasteiger partial charge in [0, 0.05) is 0 Å². The van der Waals surface area contributed by atoms with Crippen LogP contribution in [0, 0.1) is 0 Å². The summed E-state index contributed by atoms with van der Waals surface area (Å²) in [5, 5.41) is 0.581. The lowest BCUT2D eigenvalue weighted by molar-refractivity contribution is 0.0995. The van der Waals surface area contributed by atoms with Crippen molar-refractivity contribution >= 4 is 23.4 Å². The minimum atomic E-state index is -0.565. The second-order valence-electron chi connectivity index (χ2n) is 3.32. The van der Waals surface area contributed by atoms with Crippen LogP contribution in [0.2, 0.25) is 0 Å². The third-order valence-electron chi connectivity index (χ3n) is 2.07. The van der Waals surface area contributed by atoms with Crippen LogP contribution in [0.25, 0.3) is 0 Å². The molecular formula is C11H11N3O2S. The molecule has 6 heteroatoms. The number of thioether (sulfide) groups is 1. The molecule has 0 spiro atoms. The molecule has 0 aromatic carbocycles. The Hall–Kier alpha value is -1.95. The summed E-state index contributed by atoms with van der Waals surface area (Å²) in [5.74, 6) is 0.859. The molecule has 0 unspecified atom stereocenters. The van der Waals surface area contributed by atoms with E-state index in [2.05, 4.69) is 4.98 Å². The van der Waals surface area contributed by atoms with Crippen LogP contribution in [0.15, 0.2) is 40.0 Å². The van der Waals surface area contributed by atoms with Gasteiger partial charge in [-0.05, 0) is 24.3 Å². The molecule has 0 saturated carbocycles. The van der Waals surface area contributed by atoms with Crippen molar-refractivity contribution in [3.63, 3.8) is 0 Å². The lowest BCUT2D eigenvalue weighted by Crippen LogP contribution is -2.13. The molecule has 0 aliphatic carbocycles. The van der Waals surface area contributed by atoms with Gasteiger partial charge in [0.1, 0.15) is 16.5 Å². The largest absolute Gasteiger partial charge is 0.468 e. The Bertz CT molecular complexity index is 526. The molecule has 0 aliphatic heterocycles. The molecule has 2 aromatic heterocycles. The summed E-state index contributed by atoms with van der Waals surface area (Å²) < 4.78 is 5.19. The number of aromatic nitrogens is 1. The Morgan fingerprint density at radius 1 is 1.41 bits per heavy atom. The van der Waals surface area contributed by atoms with Crippen molar-refractivity contribution in [2.45, 2.75) is 10.8 Å². The topological polar surface area (TPSA) is 95.1 Å². The fourth-order valence-electron chi connectivity index (χ4n) is 1.24. The SMILES string of the molecule is NC(=O)c1ccc(N)c(SCc2ccco2)n1. The zero-order chi connectivity index (χ0) is 12.3. The summed E-state index contributed by atoms with van der Waals surface area (Å²) in [6, 6.07) is 6.81. The van der Waals surface area contributed by atoms with Gasteiger partial charge in [-0.25, -0.2) is 4.98 Å². The third-order valence-corrected chi connectivity index (χ3v) is 3.10. The number of amides is 1. The molecule has 17 heavy (non-hydrogen) atoms. The van der Waals surface area contributed by atoms with Crippen molar-refractivity contribution in [2.75, 3.05) is 5.73 Å². The normalized spacial score (nSPS) is 10.4. The van der Waals surface area contributed by atoms with E-state index in [1.54, 1.807) is 12.3 Å². The van der Waals surface area contributed by atoms with Crippen molar-refractivity contribution in [3.05, 3.63) is 42.0 Å². The molecule has 2 heterocycles. The first-order valence-corrected chi connectivity index (χ1v) is 5.87. The maximum Gasteiger partial charge on any atom is 0.267 e. The highest BCUT2D eigenvalue weighted by molar-refractivity contribution is 7.98. The van der Waals surface area contributed by atoms with Gasteiger partial charge in [-0.2, -0.15) is 0 Å². The Morgan fingerprint density at radius 3 is 2.88 bits per heavy atom. The zero-order valence-electron chi connectivity index (χ0n) is 8.92. The van der Waals surface area contributed by atoms with Gasteiger partial charge in [0.2, 0.25) is 0 Å². The highest BCUT2D eigenvalue weighted by Gasteiger charge is 2.08. The number of pyridine rings is 1. The van der Waals surface area contributed by atoms with Gasteiger partial charge in [0.25, 0.3) is 5.91 Å². The van der Waals surface area contributed by atoms with Crippen molar-refractivity contribution in [3.8, 4) is 0 Å². The van der Waals surface area contributed by atoms with E-state index in [-0.39, 0.29) is 5.69 Å². The number of carbonyl (C=O) groups excluding carboxylic acids is 1. The first kappa shape index (κ1) is 11.5. The number of primary amides is 1. The standard InChI is InChI=1S/C11H11N3O2S/c12-8-3-4-9(10(13)15)14-11(8)17-6-7-2-1-5-16-7/h1-5H,6,12H2,(H2,13,15). The maximum atomic E-state index is 11.0. The minimum Gasteiger partial charge on any atom is -0.468 e. The summed E-state index contributed by atoms with van der Waals surface area (Å²) in [7, 11) is 0. The molecular weight excluding hydrogens is 238 g/mol. The number of nitrogen functional groups attached to an aromatic ring is 1. The van der Waals surface area contributed by atoms with E-state index in [0.29, 0.717) is 16.5 Å². The fourth-order valence-corrected chi connectivity index (χ4v) is 2.08. The van der Waals surface area contributed by atoms with E-state index in [9.17, 15) is 4.79 Å². The Kier molecular flexibility index (Phi) is 3.34. The van der Waals surface area contributed by atoms with Gasteiger partial charge in [0.15, 0.2) is 0 Å². The maximum absolute atomic E-state index is 11.0. The predicted octanol–water partition coefficient (Wildman–Crippen LogP) is 1.65. The van der Waals surface area contributed by atoms with E-state index in [4.69, 9.17) is 15.9 Å². The van der Waals surface area contributed by atoms with Crippen LogP contribution in [0.3, 0.4) is 0 Å². The van der Waals surface area contributed by atoms with Crippen LogP contribution in [0.1, 0.15) is 16.2 Å². The number of hydrogen-bond acceptors (Lipinski definition) is 5. The molecule has 0 saturated heterocycles. The number of rotatable bonds is 4. The number of carbonyl (C=O) groups is 1. The first-order chi connectivity index (χ1) is 8.16. The lowest BCUT2D eigenvalue weighted by atomic mass is 10.3. The van der Waals surface area contributed by atoms with Crippen molar-refractivity contribution in [1.29, 1.82) is 0 Å². The zero-order valence-corrected chi connectivity index (χ0v) is 9.74. The van der Waals surface area contributed by atoms with Gasteiger partial charge in [-0.1, -0.05) is 11.8 Å². The molecule has 0 bridgehead atoms. The number of nitrogens with zero attached hydrogens (tertiary/aromatic N) is 1. The van der Waals surface area contributed by atoms with Gasteiger partial charge in [-0.15, -0.1) is 0 Å². The van der Waals surface area contributed by atoms with Crippen LogP contribution in [-0.2, 0) is 5.75 Å². The summed E-state index contributed by atoms with van der Waals surface area (Å²) in [6.45, 7) is 0. The number of hydrogen-bond donors (Lipinski definition) is 2. The Morgan fingerprint density at radius 2 is 2.24 bits per heavy atom. The summed E-state index contributed by atoms with van der Waals surface area (Å²) >= 11 is 1.40. The lowest BCUT2D eigenvalue weighted by Gasteiger charge is -2.04. The average Bonchev–Trinajstić information content (AvgIpc) is 2.80. The van der Waals surface area contributed by atoms with Crippen LogP contribution in [0.4, 0.5) is 5.69 Å². The highest BCUT2D eigenvalue weighted by Crippen LogP contribution is 2.26. The average molecular weight is 249 g/mol. The van der Waals surface area contributed by atoms with Crippen molar-refractivity contribution in [2.24, 2.45) is 5.73 Å². The highest BCUT2D eigenvalue weighted by atomic mass is 32.2. The Balaban J connectivity index is 2.14. The molecule has 88 valence electrons. The van der Waals surface area contributed by atoms with Crippen LogP contribution < -0.4 is 11.5 Å². The summed E-state index contributed by atoms with van der Waals surface area (Å²) in [5.41, 5.74) is 11.6. The van der Waals surface area contributed by atoms with Crippen LogP contribution >= 0.6 is 11.8 Å². The van der Waals surface area contributed by atoms with Gasteiger partial charge < -0.3 is 15.9 Å². The van der Waals surface area contributed by atoms with E-state index >= 15 is 0 Å². The van der Waals surface area contributed by atoms with Crippen molar-refractivity contribution < 1.29 is 9.21 Å². The Labute approximate surface area is 102 Å². The molecule has 2 aromatic rings. The number of furan rings is 1. The molecule has 1 amide bonds. The number of anilines is 1. The molecule has 2 rings (SSSR count). The van der Waals surface area contributed by atoms with Crippen LogP contribution in [0.5, 0.6) is 0 Å². The minimum absolute atomic E-state index is 0.209. The molecule has 0 fully saturated rings. The second-order valence-corrected chi connectivity index (χ2v) is 4.29. The quantitative estimate of drug-likeness (QED) is 0.803. The van der Waals surface area contributed by atoms with E-state index in [1.165, 1.54) is 17.8 Å². The van der Waals surface area contributed by atoms with E-state index in [1.807, 2.05) is 12.1 Å². The second kappa shape index (κ2) is 4.92. The summed E-state index contributed by atoms with van der Waals surface area (Å²) in [6.07, 6.45) is 1.60. The van der Waals surface area contributed by atoms with Gasteiger partial charge >= 0.3 is 0 Å². The fraction of sp³-hybridized carbons (Fsp3) is 0.0909. The molecule has 0 atom stereocenters. The smallest absolute Gasteiger partial charge is 0.267 e. The molecule has 4 N–H and O–H groups in total. The third kappa shape index (κ3) is 2.79. The predicted molar refractivity (Wildman–Crippen MR) is 65.4 cm³/mol. The molecule has 5 nitrogen and oxygen atoms in total. The summed E-state index contributed by atoms with van der Waals surface area (Å²) in [4.78, 5) is 15.1. The van der Waals surface area contributed by atoms with Gasteiger partial charge in [-0.3, -0.25) is 4.79 Å². The molecule has 0 aliphatic rings. The first-order valence-electron chi connectivity index (χ1n) is 4.88. The van der Waals surface area contributed by atoms with E-state index < -0.39 is 5.91 Å². The van der Waals surface area contributed by atoms with Gasteiger partial charge in [0.05, 0.1) is 17.7 Å². The van der Waals surface area contributed by atoms with Crippen molar-refractivity contribution in [1.82, 2.24) is 4.98 Å².